The highest BCUT2D eigenvalue weighted by Gasteiger charge is 2.23. The van der Waals surface area contributed by atoms with Crippen molar-refractivity contribution >= 4 is 86.7 Å². The van der Waals surface area contributed by atoms with Gasteiger partial charge in [0, 0.05) is 32.9 Å². The smallest absolute Gasteiger partial charge is 0.0541 e. The summed E-state index contributed by atoms with van der Waals surface area (Å²) in [5.74, 6) is 0. The Kier molecular flexibility index (Phi) is 15.7. The first-order chi connectivity index (χ1) is 50.9. The summed E-state index contributed by atoms with van der Waals surface area (Å²) in [7, 11) is 0. The zero-order valence-corrected chi connectivity index (χ0v) is 60.1. The lowest BCUT2D eigenvalue weighted by atomic mass is 9.83. The minimum atomic E-state index is 1.18. The van der Waals surface area contributed by atoms with Gasteiger partial charge < -0.3 is 9.13 Å². The highest BCUT2D eigenvalue weighted by atomic mass is 15.0. The standard InChI is InChI=1S/C54H41N.C48H37N/c1-34-29-47-49(31-36(34)3)54(50-32-37(4)35(2)30-48(50)53(47)41-23-19-39(20-24-41)38-13-7-5-8-14-38)42-25-21-40(22-26-42)43-27-28-52-46(33-43)45-17-11-12-18-51(45)55(52)44-15-9-6-10-16-44;1-30-25-41-43(27-32(30)3)48(44-28-33(4)31(2)26-42(44)47(41)35-13-7-5-8-14-35)36-21-19-34(20-22-36)37-23-24-46-40(29-37)39-17-11-12-18-45(39)49(46)38-15-9-6-10-16-38/h5-33H,1-4H3;5-29H,1-4H3. The second-order valence-electron chi connectivity index (χ2n) is 28.7. The molecule has 2 heterocycles. The van der Waals surface area contributed by atoms with E-state index in [4.69, 9.17) is 0 Å². The Bertz CT molecular complexity index is 6460. The van der Waals surface area contributed by atoms with Gasteiger partial charge in [0.25, 0.3) is 0 Å². The number of rotatable bonds is 9. The largest absolute Gasteiger partial charge is 0.309 e. The van der Waals surface area contributed by atoms with E-state index in [1.807, 2.05) is 0 Å². The molecule has 17 aromatic carbocycles. The third-order valence-electron chi connectivity index (χ3n) is 22.4. The molecule has 2 heteroatoms. The summed E-state index contributed by atoms with van der Waals surface area (Å²) in [6.45, 7) is 17.9. The summed E-state index contributed by atoms with van der Waals surface area (Å²) in [5, 5.41) is 15.5. The fraction of sp³-hybridized carbons (Fsp3) is 0.0784. The van der Waals surface area contributed by atoms with Gasteiger partial charge in [0.2, 0.25) is 0 Å². The molecule has 0 N–H and O–H groups in total. The van der Waals surface area contributed by atoms with Crippen LogP contribution in [0.15, 0.2) is 328 Å². The van der Waals surface area contributed by atoms with Crippen LogP contribution in [0.1, 0.15) is 44.5 Å². The van der Waals surface area contributed by atoms with Crippen molar-refractivity contribution in [3.63, 3.8) is 0 Å². The molecular formula is C102H78N2. The average molecular weight is 1330 g/mol. The number of aromatic nitrogens is 2. The zero-order valence-electron chi connectivity index (χ0n) is 60.1. The van der Waals surface area contributed by atoms with Crippen LogP contribution in [0.2, 0.25) is 0 Å². The Hall–Kier alpha value is -12.6. The normalized spacial score (nSPS) is 11.7. The van der Waals surface area contributed by atoms with Crippen molar-refractivity contribution in [3.8, 4) is 89.3 Å². The van der Waals surface area contributed by atoms with Crippen molar-refractivity contribution in [1.29, 1.82) is 0 Å². The van der Waals surface area contributed by atoms with Gasteiger partial charge in [0.1, 0.15) is 0 Å². The van der Waals surface area contributed by atoms with Gasteiger partial charge in [-0.05, 0) is 282 Å². The van der Waals surface area contributed by atoms with Crippen LogP contribution in [0.3, 0.4) is 0 Å². The molecule has 2 aromatic heterocycles. The molecule has 496 valence electrons. The van der Waals surface area contributed by atoms with Crippen LogP contribution in [0.5, 0.6) is 0 Å². The Balaban J connectivity index is 0.000000149. The molecule has 0 unspecified atom stereocenters. The average Bonchev–Trinajstić information content (AvgIpc) is 0.995. The molecule has 0 bridgehead atoms. The second kappa shape index (κ2) is 25.8. The number of para-hydroxylation sites is 4. The Labute approximate surface area is 608 Å². The van der Waals surface area contributed by atoms with Gasteiger partial charge in [-0.1, -0.05) is 267 Å². The molecule has 0 fully saturated rings. The van der Waals surface area contributed by atoms with Crippen LogP contribution < -0.4 is 0 Å². The molecule has 0 aliphatic carbocycles. The number of benzene rings is 17. The van der Waals surface area contributed by atoms with E-state index in [2.05, 4.69) is 392 Å². The SMILES string of the molecule is Cc1cc2c(-c3ccc(-c4ccccc4)cc3)c3cc(C)c(C)cc3c(-c3ccc(-c4ccc5c(c4)c4ccccc4n5-c4ccccc4)cc3)c2cc1C.Cc1cc2c(-c3ccccc3)c3cc(C)c(C)cc3c(-c3ccc(-c4ccc5c(c4)c4ccccc4n5-c4ccccc4)cc3)c2cc1C. The van der Waals surface area contributed by atoms with Crippen molar-refractivity contribution in [2.24, 2.45) is 0 Å². The molecule has 0 aliphatic heterocycles. The highest BCUT2D eigenvalue weighted by Crippen LogP contribution is 2.49. The molecule has 104 heavy (non-hydrogen) atoms. The number of fused-ring (bicyclic) bond motifs is 10. The van der Waals surface area contributed by atoms with Crippen LogP contribution in [0.4, 0.5) is 0 Å². The summed E-state index contributed by atoms with van der Waals surface area (Å²) in [5.41, 5.74) is 35.3. The molecule has 0 radical (unpaired) electrons. The van der Waals surface area contributed by atoms with Gasteiger partial charge in [-0.2, -0.15) is 0 Å². The molecule has 0 saturated carbocycles. The van der Waals surface area contributed by atoms with E-state index in [0.29, 0.717) is 0 Å². The summed E-state index contributed by atoms with van der Waals surface area (Å²) in [6.07, 6.45) is 0. The number of hydrogen-bond acceptors (Lipinski definition) is 0. The number of aryl methyl sites for hydroxylation is 8. The summed E-state index contributed by atoms with van der Waals surface area (Å²) < 4.78 is 4.75. The maximum absolute atomic E-state index is 2.42. The maximum atomic E-state index is 2.42. The lowest BCUT2D eigenvalue weighted by molar-refractivity contribution is 1.18. The third kappa shape index (κ3) is 10.9. The Morgan fingerprint density at radius 1 is 0.144 bits per heavy atom. The van der Waals surface area contributed by atoms with Gasteiger partial charge in [-0.15, -0.1) is 0 Å². The monoisotopic (exact) mass is 1330 g/mol. The molecule has 19 aromatic rings. The van der Waals surface area contributed by atoms with Crippen LogP contribution in [-0.4, -0.2) is 9.13 Å². The molecule has 0 atom stereocenters. The fourth-order valence-corrected chi connectivity index (χ4v) is 16.5. The number of hydrogen-bond donors (Lipinski definition) is 0. The van der Waals surface area contributed by atoms with E-state index in [9.17, 15) is 0 Å². The minimum absolute atomic E-state index is 1.18. The quantitative estimate of drug-likeness (QED) is 0.128. The van der Waals surface area contributed by atoms with E-state index < -0.39 is 0 Å². The van der Waals surface area contributed by atoms with E-state index in [1.54, 1.807) is 0 Å². The van der Waals surface area contributed by atoms with E-state index in [-0.39, 0.29) is 0 Å². The first-order valence-electron chi connectivity index (χ1n) is 36.4. The summed E-state index contributed by atoms with van der Waals surface area (Å²) >= 11 is 0. The summed E-state index contributed by atoms with van der Waals surface area (Å²) in [6, 6.07) is 121. The fourth-order valence-electron chi connectivity index (χ4n) is 16.5. The predicted octanol–water partition coefficient (Wildman–Crippen LogP) is 28.3. The lowest BCUT2D eigenvalue weighted by Gasteiger charge is -2.21. The van der Waals surface area contributed by atoms with Gasteiger partial charge in [-0.25, -0.2) is 0 Å². The summed E-state index contributed by atoms with van der Waals surface area (Å²) in [4.78, 5) is 0. The van der Waals surface area contributed by atoms with Gasteiger partial charge in [0.15, 0.2) is 0 Å². The van der Waals surface area contributed by atoms with Gasteiger partial charge in [-0.3, -0.25) is 0 Å². The first kappa shape index (κ1) is 63.5. The van der Waals surface area contributed by atoms with Crippen molar-refractivity contribution in [1.82, 2.24) is 9.13 Å². The highest BCUT2D eigenvalue weighted by molar-refractivity contribution is 6.24. The van der Waals surface area contributed by atoms with Crippen molar-refractivity contribution in [2.45, 2.75) is 55.4 Å². The zero-order chi connectivity index (χ0) is 70.4. The topological polar surface area (TPSA) is 9.86 Å². The Morgan fingerprint density at radius 2 is 0.346 bits per heavy atom. The Morgan fingerprint density at radius 3 is 0.644 bits per heavy atom. The van der Waals surface area contributed by atoms with Crippen LogP contribution in [0, 0.1) is 55.4 Å². The van der Waals surface area contributed by atoms with Crippen molar-refractivity contribution in [3.05, 3.63) is 372 Å². The lowest BCUT2D eigenvalue weighted by Crippen LogP contribution is -1.95. The van der Waals surface area contributed by atoms with Crippen LogP contribution in [-0.2, 0) is 0 Å². The molecule has 2 nitrogen and oxygen atoms in total. The second-order valence-corrected chi connectivity index (χ2v) is 28.7. The first-order valence-corrected chi connectivity index (χ1v) is 36.4. The van der Waals surface area contributed by atoms with Crippen LogP contribution >= 0.6 is 0 Å². The van der Waals surface area contributed by atoms with Crippen molar-refractivity contribution in [2.75, 3.05) is 0 Å². The maximum Gasteiger partial charge on any atom is 0.0541 e. The van der Waals surface area contributed by atoms with Crippen molar-refractivity contribution < 1.29 is 0 Å². The van der Waals surface area contributed by atoms with Gasteiger partial charge >= 0.3 is 0 Å². The molecule has 0 aliphatic rings. The minimum Gasteiger partial charge on any atom is -0.309 e. The molecule has 0 amide bonds. The van der Waals surface area contributed by atoms with Gasteiger partial charge in [0.05, 0.1) is 22.1 Å². The number of nitrogens with zero attached hydrogens (tertiary/aromatic N) is 2. The van der Waals surface area contributed by atoms with E-state index >= 15 is 0 Å². The van der Waals surface area contributed by atoms with Crippen LogP contribution in [0.25, 0.3) is 176 Å². The molecule has 0 spiro atoms. The molecular weight excluding hydrogens is 1250 g/mol. The molecule has 0 saturated heterocycles. The molecule has 19 rings (SSSR count). The van der Waals surface area contributed by atoms with E-state index in [1.165, 1.54) is 220 Å². The predicted molar refractivity (Wildman–Crippen MR) is 448 cm³/mol. The van der Waals surface area contributed by atoms with E-state index in [0.717, 1.165) is 0 Å². The third-order valence-corrected chi connectivity index (χ3v) is 22.4.